The molecule has 9 atom stereocenters. The SMILES string of the molecule is CC[C@H]1CC2C(CCC3(C)C(CCC(C)(C)C)CCC23C)C2(C)CC[C@@H](O)CC12.NS. The number of aliphatic hydroxyl groups excluding tert-OH is 1. The predicted octanol–water partition coefficient (Wildman–Crippen LogP) is 7.65. The van der Waals surface area contributed by atoms with Gasteiger partial charge in [-0.25, -0.2) is 0 Å². The first kappa shape index (κ1) is 25.9. The van der Waals surface area contributed by atoms with Crippen LogP contribution in [0.5, 0.6) is 0 Å². The number of hydrogen-bond acceptors (Lipinski definition) is 3. The number of rotatable bonds is 3. The van der Waals surface area contributed by atoms with Crippen molar-refractivity contribution in [2.24, 2.45) is 56.4 Å². The highest BCUT2D eigenvalue weighted by Crippen LogP contribution is 2.74. The van der Waals surface area contributed by atoms with E-state index in [2.05, 4.69) is 66.4 Å². The van der Waals surface area contributed by atoms with Gasteiger partial charge in [0.25, 0.3) is 0 Å². The van der Waals surface area contributed by atoms with Gasteiger partial charge < -0.3 is 5.11 Å². The van der Waals surface area contributed by atoms with Crippen molar-refractivity contribution in [1.29, 1.82) is 0 Å². The highest BCUT2D eigenvalue weighted by Gasteiger charge is 2.66. The third-order valence-corrected chi connectivity index (χ3v) is 11.6. The summed E-state index contributed by atoms with van der Waals surface area (Å²) in [6.45, 7) is 17.8. The van der Waals surface area contributed by atoms with Gasteiger partial charge in [-0.05, 0) is 115 Å². The maximum Gasteiger partial charge on any atom is 0.0543 e. The molecule has 7 unspecified atom stereocenters. The lowest BCUT2D eigenvalue weighted by atomic mass is 9.39. The molecule has 4 aliphatic rings. The van der Waals surface area contributed by atoms with Gasteiger partial charge in [0.05, 0.1) is 6.10 Å². The zero-order chi connectivity index (χ0) is 23.2. The molecule has 0 heterocycles. The monoisotopic (exact) mass is 451 g/mol. The van der Waals surface area contributed by atoms with E-state index in [4.69, 9.17) is 0 Å². The van der Waals surface area contributed by atoms with Crippen LogP contribution in [0.1, 0.15) is 119 Å². The molecule has 0 aromatic rings. The maximum atomic E-state index is 10.5. The van der Waals surface area contributed by atoms with Crippen LogP contribution in [0.3, 0.4) is 0 Å². The Labute approximate surface area is 199 Å². The average molecular weight is 452 g/mol. The Morgan fingerprint density at radius 2 is 1.52 bits per heavy atom. The number of hydrogen-bond donors (Lipinski definition) is 3. The third kappa shape index (κ3) is 4.27. The summed E-state index contributed by atoms with van der Waals surface area (Å²) in [6.07, 6.45) is 14.8. The van der Waals surface area contributed by atoms with Gasteiger partial charge in [-0.3, -0.25) is 5.14 Å². The molecule has 4 fully saturated rings. The number of fused-ring (bicyclic) bond motifs is 5. The Hall–Kier alpha value is 0.270. The van der Waals surface area contributed by atoms with Crippen molar-refractivity contribution in [2.75, 3.05) is 0 Å². The predicted molar refractivity (Wildman–Crippen MR) is 137 cm³/mol. The molecule has 31 heavy (non-hydrogen) atoms. The first-order valence-corrected chi connectivity index (χ1v) is 13.9. The first-order chi connectivity index (χ1) is 14.4. The fourth-order valence-corrected chi connectivity index (χ4v) is 9.50. The average Bonchev–Trinajstić information content (AvgIpc) is 2.98. The van der Waals surface area contributed by atoms with Gasteiger partial charge in [0.2, 0.25) is 0 Å². The minimum atomic E-state index is -0.0311. The molecule has 0 aromatic heterocycles. The fourth-order valence-electron chi connectivity index (χ4n) is 9.50. The van der Waals surface area contributed by atoms with Crippen molar-refractivity contribution in [2.45, 2.75) is 125 Å². The van der Waals surface area contributed by atoms with E-state index in [0.717, 1.165) is 42.4 Å². The second-order valence-electron chi connectivity index (χ2n) is 13.9. The molecule has 4 aliphatic carbocycles. The van der Waals surface area contributed by atoms with E-state index in [1.807, 2.05) is 0 Å². The molecule has 4 saturated carbocycles. The van der Waals surface area contributed by atoms with E-state index in [1.165, 1.54) is 57.8 Å². The molecule has 0 aromatic carbocycles. The van der Waals surface area contributed by atoms with E-state index in [9.17, 15) is 5.11 Å². The van der Waals surface area contributed by atoms with E-state index < -0.39 is 0 Å². The van der Waals surface area contributed by atoms with Gasteiger partial charge in [0, 0.05) is 0 Å². The minimum Gasteiger partial charge on any atom is -0.393 e. The van der Waals surface area contributed by atoms with Gasteiger partial charge in [-0.2, -0.15) is 0 Å². The fraction of sp³-hybridized carbons (Fsp3) is 1.00. The Morgan fingerprint density at radius 1 is 0.871 bits per heavy atom. The van der Waals surface area contributed by atoms with Gasteiger partial charge >= 0.3 is 0 Å². The molecule has 0 saturated heterocycles. The van der Waals surface area contributed by atoms with Crippen LogP contribution in [-0.2, 0) is 0 Å². The van der Waals surface area contributed by atoms with Crippen LogP contribution in [-0.4, -0.2) is 11.2 Å². The lowest BCUT2D eigenvalue weighted by Gasteiger charge is -2.66. The largest absolute Gasteiger partial charge is 0.393 e. The van der Waals surface area contributed by atoms with Crippen LogP contribution in [0.15, 0.2) is 0 Å². The van der Waals surface area contributed by atoms with Crippen LogP contribution in [0, 0.1) is 51.2 Å². The van der Waals surface area contributed by atoms with Crippen LogP contribution in [0.25, 0.3) is 0 Å². The highest BCUT2D eigenvalue weighted by atomic mass is 32.1. The summed E-state index contributed by atoms with van der Waals surface area (Å²) < 4.78 is 0. The van der Waals surface area contributed by atoms with E-state index >= 15 is 0 Å². The quantitative estimate of drug-likeness (QED) is 0.386. The van der Waals surface area contributed by atoms with Crippen LogP contribution < -0.4 is 5.14 Å². The molecule has 0 spiro atoms. The first-order valence-electron chi connectivity index (χ1n) is 13.4. The van der Waals surface area contributed by atoms with Gasteiger partial charge in [-0.1, -0.05) is 54.9 Å². The summed E-state index contributed by atoms with van der Waals surface area (Å²) in [5.41, 5.74) is 2.04. The molecule has 4 rings (SSSR count). The topological polar surface area (TPSA) is 46.2 Å². The van der Waals surface area contributed by atoms with Crippen LogP contribution in [0.4, 0.5) is 0 Å². The lowest BCUT2D eigenvalue weighted by molar-refractivity contribution is -0.182. The van der Waals surface area contributed by atoms with E-state index in [1.54, 1.807) is 0 Å². The van der Waals surface area contributed by atoms with Crippen molar-refractivity contribution in [3.63, 3.8) is 0 Å². The molecule has 0 aliphatic heterocycles. The Kier molecular flexibility index (Phi) is 7.63. The molecular weight excluding hydrogens is 398 g/mol. The maximum absolute atomic E-state index is 10.5. The minimum absolute atomic E-state index is 0.0311. The van der Waals surface area contributed by atoms with Crippen molar-refractivity contribution in [3.05, 3.63) is 0 Å². The molecule has 182 valence electrons. The second-order valence-corrected chi connectivity index (χ2v) is 13.9. The normalized spacial score (nSPS) is 49.4. The zero-order valence-electron chi connectivity index (χ0n) is 21.7. The summed E-state index contributed by atoms with van der Waals surface area (Å²) >= 11 is 3.03. The smallest absolute Gasteiger partial charge is 0.0543 e. The molecule has 0 amide bonds. The summed E-state index contributed by atoms with van der Waals surface area (Å²) in [4.78, 5) is 0. The molecule has 0 radical (unpaired) electrons. The molecule has 2 nitrogen and oxygen atoms in total. The van der Waals surface area contributed by atoms with Crippen molar-refractivity contribution < 1.29 is 5.11 Å². The third-order valence-electron chi connectivity index (χ3n) is 11.6. The van der Waals surface area contributed by atoms with Crippen LogP contribution >= 0.6 is 12.8 Å². The summed E-state index contributed by atoms with van der Waals surface area (Å²) in [5, 5.41) is 14.7. The summed E-state index contributed by atoms with van der Waals surface area (Å²) in [6, 6.07) is 0. The lowest BCUT2D eigenvalue weighted by Crippen LogP contribution is -2.59. The standard InChI is InChI=1S/C28H50O.H3NS/c1-8-19-17-24-22(26(5)14-11-21(29)18-23(19)26)12-16-27(6)20(9-13-25(2,3)4)10-15-28(24,27)7;1-2/h19-24,29H,8-18H2,1-7H3;2H,1H2/t19-,20?,21+,22?,23?,24?,26?,27?,28?;/m0./s1. The van der Waals surface area contributed by atoms with Crippen LogP contribution in [0.2, 0.25) is 0 Å². The Morgan fingerprint density at radius 3 is 2.13 bits per heavy atom. The number of nitrogens with two attached hydrogens (primary N) is 1. The van der Waals surface area contributed by atoms with Crippen molar-refractivity contribution in [1.82, 2.24) is 0 Å². The number of thiol groups is 1. The summed E-state index contributed by atoms with van der Waals surface area (Å²) in [5.74, 6) is 4.36. The second kappa shape index (κ2) is 9.14. The summed E-state index contributed by atoms with van der Waals surface area (Å²) in [7, 11) is 0. The molecule has 0 bridgehead atoms. The Balaban J connectivity index is 0.00000132. The zero-order valence-corrected chi connectivity index (χ0v) is 22.6. The van der Waals surface area contributed by atoms with Gasteiger partial charge in [0.1, 0.15) is 0 Å². The molecule has 3 N–H and O–H groups in total. The van der Waals surface area contributed by atoms with Gasteiger partial charge in [-0.15, -0.1) is 12.8 Å². The van der Waals surface area contributed by atoms with Gasteiger partial charge in [0.15, 0.2) is 0 Å². The molecule has 3 heteroatoms. The molecular formula is C28H53NOS. The van der Waals surface area contributed by atoms with Crippen molar-refractivity contribution >= 4 is 12.8 Å². The Bertz CT molecular complexity index is 617. The van der Waals surface area contributed by atoms with E-state index in [0.29, 0.717) is 21.7 Å². The van der Waals surface area contributed by atoms with E-state index in [-0.39, 0.29) is 6.10 Å². The highest BCUT2D eigenvalue weighted by molar-refractivity contribution is 7.77. The number of aliphatic hydroxyl groups is 1. The van der Waals surface area contributed by atoms with Crippen molar-refractivity contribution in [3.8, 4) is 0 Å².